The number of hydrogen-bond donors (Lipinski definition) is 1. The number of rotatable bonds is 7. The van der Waals surface area contributed by atoms with Crippen LogP contribution in [0, 0.1) is 6.92 Å². The van der Waals surface area contributed by atoms with E-state index in [0.29, 0.717) is 6.54 Å². The summed E-state index contributed by atoms with van der Waals surface area (Å²) in [6.45, 7) is 6.54. The number of hydrogen-bond acceptors (Lipinski definition) is 6. The van der Waals surface area contributed by atoms with Crippen LogP contribution in [0.2, 0.25) is 0 Å². The van der Waals surface area contributed by atoms with Crippen molar-refractivity contribution in [3.63, 3.8) is 0 Å². The van der Waals surface area contributed by atoms with Crippen LogP contribution < -0.4 is 10.2 Å². The summed E-state index contributed by atoms with van der Waals surface area (Å²) in [6.07, 6.45) is 3.60. The maximum absolute atomic E-state index is 12.6. The van der Waals surface area contributed by atoms with Gasteiger partial charge < -0.3 is 10.2 Å². The van der Waals surface area contributed by atoms with Gasteiger partial charge in [0.2, 0.25) is 11.9 Å². The highest BCUT2D eigenvalue weighted by molar-refractivity contribution is 8.00. The summed E-state index contributed by atoms with van der Waals surface area (Å²) in [4.78, 5) is 16.1. The molecule has 0 bridgehead atoms. The van der Waals surface area contributed by atoms with E-state index in [0.717, 1.165) is 34.8 Å². The molecule has 0 aliphatic carbocycles. The molecule has 6 nitrogen and oxygen atoms in total. The Labute approximate surface area is 185 Å². The zero-order chi connectivity index (χ0) is 20.9. The molecule has 3 aromatic rings. The first kappa shape index (κ1) is 20.9. The van der Waals surface area contributed by atoms with Gasteiger partial charge in [-0.25, -0.2) is 0 Å². The molecule has 1 aliphatic rings. The second-order valence-electron chi connectivity index (χ2n) is 7.56. The van der Waals surface area contributed by atoms with E-state index in [1.807, 2.05) is 24.4 Å². The molecule has 1 atom stereocenters. The smallest absolute Gasteiger partial charge is 0.233 e. The van der Waals surface area contributed by atoms with Gasteiger partial charge in [-0.1, -0.05) is 35.5 Å². The van der Waals surface area contributed by atoms with Gasteiger partial charge in [-0.15, -0.1) is 21.5 Å². The van der Waals surface area contributed by atoms with E-state index in [1.165, 1.54) is 36.6 Å². The average molecular weight is 442 g/mol. The normalized spacial score (nSPS) is 15.2. The molecule has 30 heavy (non-hydrogen) atoms. The Kier molecular flexibility index (Phi) is 6.74. The lowest BCUT2D eigenvalue weighted by atomic mass is 10.1. The first-order valence-electron chi connectivity index (χ1n) is 10.4. The highest BCUT2D eigenvalue weighted by Gasteiger charge is 2.24. The Morgan fingerprint density at radius 1 is 1.17 bits per heavy atom. The summed E-state index contributed by atoms with van der Waals surface area (Å²) in [7, 11) is 0. The minimum absolute atomic E-state index is 0.00591. The van der Waals surface area contributed by atoms with Gasteiger partial charge in [0.15, 0.2) is 5.16 Å². The number of aryl methyl sites for hydroxylation is 1. The summed E-state index contributed by atoms with van der Waals surface area (Å²) in [5.74, 6) is 0.874. The van der Waals surface area contributed by atoms with Gasteiger partial charge in [-0.05, 0) is 56.7 Å². The Morgan fingerprint density at radius 3 is 2.63 bits per heavy atom. The molecule has 2 aromatic heterocycles. The number of nitrogens with zero attached hydrogens (tertiary/aromatic N) is 4. The van der Waals surface area contributed by atoms with Crippen molar-refractivity contribution in [1.82, 2.24) is 20.1 Å². The summed E-state index contributed by atoms with van der Waals surface area (Å²) < 4.78 is 2.10. The first-order valence-corrected chi connectivity index (χ1v) is 12.1. The van der Waals surface area contributed by atoms with E-state index in [-0.39, 0.29) is 11.2 Å². The molecule has 0 saturated carbocycles. The van der Waals surface area contributed by atoms with Gasteiger partial charge in [0.1, 0.15) is 0 Å². The van der Waals surface area contributed by atoms with Gasteiger partial charge in [0.05, 0.1) is 17.5 Å². The quantitative estimate of drug-likeness (QED) is 0.550. The lowest BCUT2D eigenvalue weighted by Gasteiger charge is -2.28. The Hall–Kier alpha value is -2.32. The van der Waals surface area contributed by atoms with E-state index in [2.05, 4.69) is 56.2 Å². The number of carbonyl (C=O) groups is 1. The molecular weight excluding hydrogens is 414 g/mol. The third-order valence-electron chi connectivity index (χ3n) is 5.22. The van der Waals surface area contributed by atoms with Gasteiger partial charge in [0, 0.05) is 18.0 Å². The van der Waals surface area contributed by atoms with Crippen LogP contribution >= 0.6 is 23.1 Å². The lowest BCUT2D eigenvalue weighted by Crippen LogP contribution is -2.32. The number of piperidine rings is 1. The fraction of sp³-hybridized carbons (Fsp3) is 0.409. The van der Waals surface area contributed by atoms with Gasteiger partial charge in [0.25, 0.3) is 0 Å². The second kappa shape index (κ2) is 9.66. The van der Waals surface area contributed by atoms with Crippen molar-refractivity contribution < 1.29 is 4.79 Å². The number of amides is 1. The molecule has 0 radical (unpaired) electrons. The molecule has 1 N–H and O–H groups in total. The van der Waals surface area contributed by atoms with E-state index in [1.54, 1.807) is 11.3 Å². The minimum atomic E-state index is -0.271. The molecule has 8 heteroatoms. The third kappa shape index (κ3) is 4.87. The molecule has 4 rings (SSSR count). The van der Waals surface area contributed by atoms with Crippen LogP contribution in [-0.4, -0.2) is 39.0 Å². The van der Waals surface area contributed by atoms with Crippen molar-refractivity contribution in [3.05, 3.63) is 52.2 Å². The summed E-state index contributed by atoms with van der Waals surface area (Å²) in [5.41, 5.74) is 2.24. The molecule has 1 unspecified atom stereocenters. The second-order valence-corrected chi connectivity index (χ2v) is 9.90. The number of anilines is 1. The van der Waals surface area contributed by atoms with Gasteiger partial charge in [-0.3, -0.25) is 9.36 Å². The number of benzene rings is 1. The molecular formula is C22H27N5OS2. The zero-order valence-corrected chi connectivity index (χ0v) is 19.0. The Bertz CT molecular complexity index is 962. The van der Waals surface area contributed by atoms with Crippen molar-refractivity contribution in [3.8, 4) is 5.69 Å². The summed E-state index contributed by atoms with van der Waals surface area (Å²) in [6, 6.07) is 12.4. The maximum Gasteiger partial charge on any atom is 0.233 e. The van der Waals surface area contributed by atoms with Crippen LogP contribution in [0.4, 0.5) is 5.95 Å². The number of nitrogens with one attached hydrogen (secondary N) is 1. The van der Waals surface area contributed by atoms with Crippen LogP contribution in [0.25, 0.3) is 5.69 Å². The molecule has 1 aromatic carbocycles. The minimum Gasteiger partial charge on any atom is -0.350 e. The number of aromatic nitrogens is 3. The molecule has 1 fully saturated rings. The molecule has 0 spiro atoms. The molecule has 3 heterocycles. The lowest BCUT2D eigenvalue weighted by molar-refractivity contribution is -0.120. The SMILES string of the molecule is Cc1ccc(-n2c(SC(C)C(=O)NCc3cccs3)nnc2N2CCCCC2)cc1. The van der Waals surface area contributed by atoms with Crippen molar-refractivity contribution >= 4 is 35.0 Å². The topological polar surface area (TPSA) is 63.1 Å². The zero-order valence-electron chi connectivity index (χ0n) is 17.4. The van der Waals surface area contributed by atoms with Crippen molar-refractivity contribution in [2.45, 2.75) is 50.1 Å². The maximum atomic E-state index is 12.6. The van der Waals surface area contributed by atoms with Crippen LogP contribution in [0.3, 0.4) is 0 Å². The Morgan fingerprint density at radius 2 is 1.93 bits per heavy atom. The highest BCUT2D eigenvalue weighted by atomic mass is 32.2. The number of thioether (sulfide) groups is 1. The Balaban J connectivity index is 1.55. The molecule has 158 valence electrons. The number of thiophene rings is 1. The average Bonchev–Trinajstić information content (AvgIpc) is 3.43. The predicted octanol–water partition coefficient (Wildman–Crippen LogP) is 4.42. The van der Waals surface area contributed by atoms with E-state index >= 15 is 0 Å². The van der Waals surface area contributed by atoms with Crippen LogP contribution in [0.15, 0.2) is 46.9 Å². The van der Waals surface area contributed by atoms with Crippen LogP contribution in [0.5, 0.6) is 0 Å². The third-order valence-corrected chi connectivity index (χ3v) is 7.13. The summed E-state index contributed by atoms with van der Waals surface area (Å²) in [5, 5.41) is 14.5. The van der Waals surface area contributed by atoms with Crippen LogP contribution in [-0.2, 0) is 11.3 Å². The predicted molar refractivity (Wildman–Crippen MR) is 124 cm³/mol. The van der Waals surface area contributed by atoms with Gasteiger partial charge in [-0.2, -0.15) is 0 Å². The molecule has 1 amide bonds. The fourth-order valence-electron chi connectivity index (χ4n) is 3.50. The fourth-order valence-corrected chi connectivity index (χ4v) is 5.03. The van der Waals surface area contributed by atoms with E-state index < -0.39 is 0 Å². The van der Waals surface area contributed by atoms with Crippen molar-refractivity contribution in [2.24, 2.45) is 0 Å². The highest BCUT2D eigenvalue weighted by Crippen LogP contribution is 2.30. The summed E-state index contributed by atoms with van der Waals surface area (Å²) >= 11 is 3.10. The molecule has 1 saturated heterocycles. The van der Waals surface area contributed by atoms with E-state index in [9.17, 15) is 4.79 Å². The standard InChI is InChI=1S/C22H27N5OS2/c1-16-8-10-18(11-9-16)27-21(26-12-4-3-5-13-26)24-25-22(27)30-17(2)20(28)23-15-19-7-6-14-29-19/h6-11,14,17H,3-5,12-13,15H2,1-2H3,(H,23,28). The largest absolute Gasteiger partial charge is 0.350 e. The number of carbonyl (C=O) groups excluding carboxylic acids is 1. The van der Waals surface area contributed by atoms with E-state index in [4.69, 9.17) is 0 Å². The van der Waals surface area contributed by atoms with Crippen molar-refractivity contribution in [2.75, 3.05) is 18.0 Å². The van der Waals surface area contributed by atoms with Gasteiger partial charge >= 0.3 is 0 Å². The first-order chi connectivity index (χ1) is 14.6. The molecule has 1 aliphatic heterocycles. The van der Waals surface area contributed by atoms with Crippen molar-refractivity contribution in [1.29, 1.82) is 0 Å². The van der Waals surface area contributed by atoms with Crippen LogP contribution in [0.1, 0.15) is 36.6 Å². The monoisotopic (exact) mass is 441 g/mol.